The number of aliphatic hydroxyl groups excluding tert-OH is 2. The SMILES string of the molecule is CNCC(O)C(O)c1ccc2[nH]cc(C(=O)O)c2c1. The van der Waals surface area contributed by atoms with Gasteiger partial charge < -0.3 is 25.6 Å². The van der Waals surface area contributed by atoms with Crippen molar-refractivity contribution in [3.8, 4) is 0 Å². The zero-order valence-electron chi connectivity index (χ0n) is 10.4. The molecular formula is C13H16N2O4. The molecule has 1 aromatic carbocycles. The number of aliphatic hydroxyl groups is 2. The number of carboxylic acids is 1. The van der Waals surface area contributed by atoms with Gasteiger partial charge in [-0.1, -0.05) is 6.07 Å². The quantitative estimate of drug-likeness (QED) is 0.540. The number of fused-ring (bicyclic) bond motifs is 1. The summed E-state index contributed by atoms with van der Waals surface area (Å²) in [5.74, 6) is -1.03. The monoisotopic (exact) mass is 264 g/mol. The van der Waals surface area contributed by atoms with Gasteiger partial charge in [0.25, 0.3) is 0 Å². The van der Waals surface area contributed by atoms with Crippen LogP contribution < -0.4 is 5.32 Å². The predicted molar refractivity (Wildman–Crippen MR) is 70.2 cm³/mol. The largest absolute Gasteiger partial charge is 0.478 e. The second kappa shape index (κ2) is 5.40. The molecule has 0 aliphatic heterocycles. The van der Waals surface area contributed by atoms with Crippen LogP contribution in [-0.4, -0.2) is 46.0 Å². The van der Waals surface area contributed by atoms with Crippen LogP contribution in [0.1, 0.15) is 22.0 Å². The average Bonchev–Trinajstić information content (AvgIpc) is 2.80. The normalized spacial score (nSPS) is 14.5. The van der Waals surface area contributed by atoms with Gasteiger partial charge in [-0.15, -0.1) is 0 Å². The fourth-order valence-corrected chi connectivity index (χ4v) is 2.04. The molecular weight excluding hydrogens is 248 g/mol. The summed E-state index contributed by atoms with van der Waals surface area (Å²) in [4.78, 5) is 13.9. The summed E-state index contributed by atoms with van der Waals surface area (Å²) in [6, 6.07) is 4.93. The first kappa shape index (κ1) is 13.5. The van der Waals surface area contributed by atoms with Gasteiger partial charge in [0.05, 0.1) is 11.7 Å². The third-order valence-corrected chi connectivity index (χ3v) is 3.06. The molecule has 0 aliphatic carbocycles. The van der Waals surface area contributed by atoms with Crippen LogP contribution in [0.3, 0.4) is 0 Å². The van der Waals surface area contributed by atoms with Gasteiger partial charge in [0.2, 0.25) is 0 Å². The standard InChI is InChI=1S/C13H16N2O4/c1-14-6-11(16)12(17)7-2-3-10-8(4-7)9(5-15-10)13(18)19/h2-5,11-12,14-17H,6H2,1H3,(H,18,19). The number of nitrogens with one attached hydrogen (secondary N) is 2. The lowest BCUT2D eigenvalue weighted by atomic mass is 10.0. The summed E-state index contributed by atoms with van der Waals surface area (Å²) in [5, 5.41) is 32.1. The molecule has 0 amide bonds. The zero-order chi connectivity index (χ0) is 14.0. The lowest BCUT2D eigenvalue weighted by Crippen LogP contribution is -2.29. The molecule has 2 aromatic rings. The van der Waals surface area contributed by atoms with Crippen molar-refractivity contribution in [3.05, 3.63) is 35.5 Å². The molecule has 2 rings (SSSR count). The van der Waals surface area contributed by atoms with E-state index in [1.807, 2.05) is 0 Å². The van der Waals surface area contributed by atoms with Crippen LogP contribution in [0.4, 0.5) is 0 Å². The molecule has 6 nitrogen and oxygen atoms in total. The van der Waals surface area contributed by atoms with E-state index in [0.29, 0.717) is 16.5 Å². The van der Waals surface area contributed by atoms with Gasteiger partial charge in [0.15, 0.2) is 0 Å². The Balaban J connectivity index is 2.39. The van der Waals surface area contributed by atoms with E-state index in [-0.39, 0.29) is 12.1 Å². The highest BCUT2D eigenvalue weighted by Crippen LogP contribution is 2.24. The first-order chi connectivity index (χ1) is 9.04. The number of aromatic carboxylic acids is 1. The summed E-state index contributed by atoms with van der Waals surface area (Å²) in [5.41, 5.74) is 1.31. The van der Waals surface area contributed by atoms with Gasteiger partial charge >= 0.3 is 5.97 Å². The Bertz CT molecular complexity index is 593. The number of likely N-dealkylation sites (N-methyl/N-ethyl adjacent to an activating group) is 1. The van der Waals surface area contributed by atoms with E-state index < -0.39 is 18.2 Å². The van der Waals surface area contributed by atoms with Gasteiger partial charge in [-0.3, -0.25) is 0 Å². The number of aromatic nitrogens is 1. The Morgan fingerprint density at radius 3 is 2.79 bits per heavy atom. The molecule has 0 saturated carbocycles. The van der Waals surface area contributed by atoms with Crippen molar-refractivity contribution in [2.24, 2.45) is 0 Å². The lowest BCUT2D eigenvalue weighted by molar-refractivity contribution is 0.0203. The summed E-state index contributed by atoms with van der Waals surface area (Å²) in [7, 11) is 1.67. The number of hydrogen-bond acceptors (Lipinski definition) is 4. The number of hydrogen-bond donors (Lipinski definition) is 5. The molecule has 0 saturated heterocycles. The first-order valence-electron chi connectivity index (χ1n) is 5.89. The topological polar surface area (TPSA) is 106 Å². The van der Waals surface area contributed by atoms with Crippen molar-refractivity contribution in [3.63, 3.8) is 0 Å². The van der Waals surface area contributed by atoms with Gasteiger partial charge in [-0.2, -0.15) is 0 Å². The van der Waals surface area contributed by atoms with Crippen LogP contribution in [0.5, 0.6) is 0 Å². The molecule has 102 valence electrons. The lowest BCUT2D eigenvalue weighted by Gasteiger charge is -2.17. The second-order valence-electron chi connectivity index (χ2n) is 4.38. The molecule has 0 spiro atoms. The summed E-state index contributed by atoms with van der Waals surface area (Å²) in [6.07, 6.45) is -0.601. The van der Waals surface area contributed by atoms with E-state index >= 15 is 0 Å². The van der Waals surface area contributed by atoms with E-state index in [1.54, 1.807) is 25.2 Å². The van der Waals surface area contributed by atoms with Crippen molar-refractivity contribution < 1.29 is 20.1 Å². The van der Waals surface area contributed by atoms with Crippen LogP contribution in [0.15, 0.2) is 24.4 Å². The Hall–Kier alpha value is -1.89. The molecule has 5 N–H and O–H groups in total. The van der Waals surface area contributed by atoms with Crippen molar-refractivity contribution in [1.29, 1.82) is 0 Å². The predicted octanol–water partition coefficient (Wildman–Crippen LogP) is 0.480. The Morgan fingerprint density at radius 2 is 2.16 bits per heavy atom. The molecule has 6 heteroatoms. The molecule has 1 heterocycles. The fraction of sp³-hybridized carbons (Fsp3) is 0.308. The second-order valence-corrected chi connectivity index (χ2v) is 4.38. The van der Waals surface area contributed by atoms with E-state index in [2.05, 4.69) is 10.3 Å². The minimum absolute atomic E-state index is 0.146. The van der Waals surface area contributed by atoms with Crippen LogP contribution in [-0.2, 0) is 0 Å². The van der Waals surface area contributed by atoms with E-state index in [1.165, 1.54) is 6.20 Å². The molecule has 19 heavy (non-hydrogen) atoms. The number of benzene rings is 1. The number of carboxylic acid groups (broad SMARTS) is 1. The number of H-pyrrole nitrogens is 1. The van der Waals surface area contributed by atoms with Crippen molar-refractivity contribution in [1.82, 2.24) is 10.3 Å². The first-order valence-corrected chi connectivity index (χ1v) is 5.89. The smallest absolute Gasteiger partial charge is 0.337 e. The van der Waals surface area contributed by atoms with Crippen LogP contribution in [0.25, 0.3) is 10.9 Å². The van der Waals surface area contributed by atoms with Crippen molar-refractivity contribution in [2.45, 2.75) is 12.2 Å². The highest BCUT2D eigenvalue weighted by Gasteiger charge is 2.19. The van der Waals surface area contributed by atoms with E-state index in [0.717, 1.165) is 0 Å². The third-order valence-electron chi connectivity index (χ3n) is 3.06. The molecule has 1 aromatic heterocycles. The van der Waals surface area contributed by atoms with Gasteiger partial charge in [-0.05, 0) is 24.7 Å². The fourth-order valence-electron chi connectivity index (χ4n) is 2.04. The molecule has 0 radical (unpaired) electrons. The number of aromatic amines is 1. The maximum atomic E-state index is 11.1. The number of carbonyl (C=O) groups is 1. The molecule has 0 fully saturated rings. The molecule has 0 aliphatic rings. The molecule has 2 atom stereocenters. The zero-order valence-corrected chi connectivity index (χ0v) is 10.4. The van der Waals surface area contributed by atoms with Crippen LogP contribution in [0.2, 0.25) is 0 Å². The van der Waals surface area contributed by atoms with Crippen LogP contribution >= 0.6 is 0 Å². The Labute approximate surface area is 109 Å². The van der Waals surface area contributed by atoms with E-state index in [9.17, 15) is 15.0 Å². The maximum Gasteiger partial charge on any atom is 0.337 e. The van der Waals surface area contributed by atoms with Gasteiger partial charge in [0.1, 0.15) is 6.10 Å². The minimum Gasteiger partial charge on any atom is -0.478 e. The summed E-state index contributed by atoms with van der Waals surface area (Å²) >= 11 is 0. The number of rotatable bonds is 5. The summed E-state index contributed by atoms with van der Waals surface area (Å²) < 4.78 is 0. The minimum atomic E-state index is -1.06. The third kappa shape index (κ3) is 2.60. The Morgan fingerprint density at radius 1 is 1.42 bits per heavy atom. The van der Waals surface area contributed by atoms with Gasteiger partial charge in [-0.25, -0.2) is 4.79 Å². The van der Waals surface area contributed by atoms with Crippen molar-refractivity contribution in [2.75, 3.05) is 13.6 Å². The Kier molecular flexibility index (Phi) is 3.84. The maximum absolute atomic E-state index is 11.1. The highest BCUT2D eigenvalue weighted by molar-refractivity contribution is 6.03. The van der Waals surface area contributed by atoms with Gasteiger partial charge in [0, 0.05) is 23.6 Å². The van der Waals surface area contributed by atoms with Crippen LogP contribution in [0, 0.1) is 0 Å². The average molecular weight is 264 g/mol. The van der Waals surface area contributed by atoms with Crippen molar-refractivity contribution >= 4 is 16.9 Å². The molecule has 0 bridgehead atoms. The van der Waals surface area contributed by atoms with E-state index in [4.69, 9.17) is 5.11 Å². The molecule has 2 unspecified atom stereocenters. The summed E-state index contributed by atoms with van der Waals surface area (Å²) in [6.45, 7) is 0.248. The highest BCUT2D eigenvalue weighted by atomic mass is 16.4.